The van der Waals surface area contributed by atoms with Crippen LogP contribution in [0.3, 0.4) is 0 Å². The van der Waals surface area contributed by atoms with Crippen LogP contribution in [0.25, 0.3) is 0 Å². The predicted molar refractivity (Wildman–Crippen MR) is 89.7 cm³/mol. The Morgan fingerprint density at radius 2 is 1.84 bits per heavy atom. The Bertz CT molecular complexity index is 814. The van der Waals surface area contributed by atoms with Crippen LogP contribution in [0.1, 0.15) is 28.9 Å². The van der Waals surface area contributed by atoms with E-state index in [0.717, 1.165) is 5.56 Å². The topological polar surface area (TPSA) is 55.4 Å². The summed E-state index contributed by atoms with van der Waals surface area (Å²) in [4.78, 5) is 23.7. The number of hydrogen-bond acceptors (Lipinski definition) is 3. The monoisotopic (exact) mass is 387 g/mol. The van der Waals surface area contributed by atoms with E-state index in [2.05, 4.69) is 5.32 Å². The van der Waals surface area contributed by atoms with Gasteiger partial charge in [0.25, 0.3) is 5.91 Å². The molecule has 0 heterocycles. The SMILES string of the molecule is C[C@@H](NC(=O)COC(=O)c1cc(F)c(F)cc1Cl)c1cccc(Cl)c1. The number of amides is 1. The number of nitrogens with one attached hydrogen (secondary N) is 1. The highest BCUT2D eigenvalue weighted by Gasteiger charge is 2.18. The van der Waals surface area contributed by atoms with Crippen LogP contribution in [0.5, 0.6) is 0 Å². The van der Waals surface area contributed by atoms with Gasteiger partial charge in [-0.25, -0.2) is 13.6 Å². The van der Waals surface area contributed by atoms with Gasteiger partial charge in [-0.1, -0.05) is 35.3 Å². The molecule has 25 heavy (non-hydrogen) atoms. The molecule has 2 aromatic carbocycles. The number of carbonyl (C=O) groups is 2. The molecule has 0 unspecified atom stereocenters. The van der Waals surface area contributed by atoms with Gasteiger partial charge in [-0.2, -0.15) is 0 Å². The second-order valence-electron chi connectivity index (χ2n) is 5.17. The molecular weight excluding hydrogens is 375 g/mol. The van der Waals surface area contributed by atoms with E-state index >= 15 is 0 Å². The fourth-order valence-electron chi connectivity index (χ4n) is 2.03. The molecule has 0 radical (unpaired) electrons. The summed E-state index contributed by atoms with van der Waals surface area (Å²) in [5.74, 6) is -4.03. The minimum absolute atomic E-state index is 0.309. The van der Waals surface area contributed by atoms with Gasteiger partial charge in [0.05, 0.1) is 16.6 Å². The van der Waals surface area contributed by atoms with Gasteiger partial charge >= 0.3 is 5.97 Å². The maximum absolute atomic E-state index is 13.2. The molecule has 0 bridgehead atoms. The van der Waals surface area contributed by atoms with Crippen molar-refractivity contribution in [2.75, 3.05) is 6.61 Å². The summed E-state index contributed by atoms with van der Waals surface area (Å²) < 4.78 is 30.9. The molecule has 0 aliphatic rings. The van der Waals surface area contributed by atoms with Gasteiger partial charge < -0.3 is 10.1 Å². The van der Waals surface area contributed by atoms with Crippen molar-refractivity contribution < 1.29 is 23.1 Å². The van der Waals surface area contributed by atoms with E-state index in [1.54, 1.807) is 31.2 Å². The molecular formula is C17H13Cl2F2NO3. The molecule has 1 amide bonds. The summed E-state index contributed by atoms with van der Waals surface area (Å²) >= 11 is 11.6. The Hall–Kier alpha value is -2.18. The quantitative estimate of drug-likeness (QED) is 0.614. The lowest BCUT2D eigenvalue weighted by molar-refractivity contribution is -0.124. The molecule has 0 spiro atoms. The molecule has 0 saturated heterocycles. The fourth-order valence-corrected chi connectivity index (χ4v) is 2.46. The maximum atomic E-state index is 13.2. The molecule has 0 fully saturated rings. The number of ether oxygens (including phenoxy) is 1. The van der Waals surface area contributed by atoms with Crippen LogP contribution in [0.4, 0.5) is 8.78 Å². The average molecular weight is 388 g/mol. The number of esters is 1. The molecule has 132 valence electrons. The molecule has 0 saturated carbocycles. The lowest BCUT2D eigenvalue weighted by Gasteiger charge is -2.15. The van der Waals surface area contributed by atoms with E-state index in [1.165, 1.54) is 0 Å². The largest absolute Gasteiger partial charge is 0.452 e. The second-order valence-corrected chi connectivity index (χ2v) is 6.01. The van der Waals surface area contributed by atoms with Gasteiger partial charge in [-0.05, 0) is 36.8 Å². The lowest BCUT2D eigenvalue weighted by Crippen LogP contribution is -2.31. The summed E-state index contributed by atoms with van der Waals surface area (Å²) in [7, 11) is 0. The van der Waals surface area contributed by atoms with Crippen molar-refractivity contribution in [2.24, 2.45) is 0 Å². The molecule has 0 aliphatic heterocycles. The molecule has 2 rings (SSSR count). The summed E-state index contributed by atoms with van der Waals surface area (Å²) in [5.41, 5.74) is 0.409. The van der Waals surface area contributed by atoms with E-state index in [-0.39, 0.29) is 16.6 Å². The summed E-state index contributed by atoms with van der Waals surface area (Å²) in [5, 5.41) is 2.84. The maximum Gasteiger partial charge on any atom is 0.340 e. The van der Waals surface area contributed by atoms with E-state index in [1.807, 2.05) is 0 Å². The Kier molecular flexibility index (Phi) is 6.33. The molecule has 0 aromatic heterocycles. The van der Waals surface area contributed by atoms with Crippen LogP contribution in [-0.2, 0) is 9.53 Å². The first-order chi connectivity index (χ1) is 11.8. The van der Waals surface area contributed by atoms with Gasteiger partial charge in [-0.3, -0.25) is 4.79 Å². The van der Waals surface area contributed by atoms with Crippen LogP contribution in [0, 0.1) is 11.6 Å². The first-order valence-electron chi connectivity index (χ1n) is 7.14. The third kappa shape index (κ3) is 5.14. The summed E-state index contributed by atoms with van der Waals surface area (Å²) in [6, 6.07) is 7.83. The van der Waals surface area contributed by atoms with Crippen molar-refractivity contribution in [1.29, 1.82) is 0 Å². The van der Waals surface area contributed by atoms with Crippen LogP contribution < -0.4 is 5.32 Å². The highest BCUT2D eigenvalue weighted by Crippen LogP contribution is 2.21. The minimum atomic E-state index is -1.24. The zero-order valence-corrected chi connectivity index (χ0v) is 14.5. The second kappa shape index (κ2) is 8.27. The molecule has 0 aliphatic carbocycles. The Morgan fingerprint density at radius 1 is 1.16 bits per heavy atom. The van der Waals surface area contributed by atoms with E-state index in [9.17, 15) is 18.4 Å². The summed E-state index contributed by atoms with van der Waals surface area (Å²) in [6.45, 7) is 1.14. The van der Waals surface area contributed by atoms with Crippen molar-refractivity contribution in [3.05, 3.63) is 69.2 Å². The van der Waals surface area contributed by atoms with Gasteiger partial charge in [0.2, 0.25) is 0 Å². The molecule has 1 atom stereocenters. The zero-order chi connectivity index (χ0) is 18.6. The molecule has 2 aromatic rings. The number of rotatable bonds is 5. The van der Waals surface area contributed by atoms with Crippen LogP contribution in [0.15, 0.2) is 36.4 Å². The molecule has 1 N–H and O–H groups in total. The highest BCUT2D eigenvalue weighted by molar-refractivity contribution is 6.33. The molecule has 4 nitrogen and oxygen atoms in total. The first-order valence-corrected chi connectivity index (χ1v) is 7.90. The van der Waals surface area contributed by atoms with Gasteiger partial charge in [-0.15, -0.1) is 0 Å². The smallest absolute Gasteiger partial charge is 0.340 e. The van der Waals surface area contributed by atoms with E-state index in [0.29, 0.717) is 17.2 Å². The highest BCUT2D eigenvalue weighted by atomic mass is 35.5. The van der Waals surface area contributed by atoms with Crippen molar-refractivity contribution in [1.82, 2.24) is 5.32 Å². The third-order valence-electron chi connectivity index (χ3n) is 3.29. The number of benzene rings is 2. The third-order valence-corrected chi connectivity index (χ3v) is 3.84. The summed E-state index contributed by atoms with van der Waals surface area (Å²) in [6.07, 6.45) is 0. The fraction of sp³-hybridized carbons (Fsp3) is 0.176. The van der Waals surface area contributed by atoms with Crippen LogP contribution in [0.2, 0.25) is 10.0 Å². The number of hydrogen-bond donors (Lipinski definition) is 1. The molecule has 8 heteroatoms. The number of halogens is 4. The minimum Gasteiger partial charge on any atom is -0.452 e. The van der Waals surface area contributed by atoms with Crippen molar-refractivity contribution >= 4 is 35.1 Å². The first kappa shape index (κ1) is 19.1. The normalized spacial score (nSPS) is 11.7. The van der Waals surface area contributed by atoms with Crippen molar-refractivity contribution in [2.45, 2.75) is 13.0 Å². The van der Waals surface area contributed by atoms with E-state index < -0.39 is 30.1 Å². The van der Waals surface area contributed by atoms with Crippen LogP contribution in [-0.4, -0.2) is 18.5 Å². The number of carbonyl (C=O) groups excluding carboxylic acids is 2. The van der Waals surface area contributed by atoms with E-state index in [4.69, 9.17) is 27.9 Å². The van der Waals surface area contributed by atoms with Gasteiger partial charge in [0, 0.05) is 5.02 Å². The van der Waals surface area contributed by atoms with Crippen LogP contribution >= 0.6 is 23.2 Å². The standard InChI is InChI=1S/C17H13Cl2F2NO3/c1-9(10-3-2-4-11(18)5-10)22-16(23)8-25-17(24)12-6-14(20)15(21)7-13(12)19/h2-7,9H,8H2,1H3,(H,22,23)/t9-/m1/s1. The van der Waals surface area contributed by atoms with Crippen molar-refractivity contribution in [3.8, 4) is 0 Å². The van der Waals surface area contributed by atoms with Gasteiger partial charge in [0.1, 0.15) is 0 Å². The Balaban J connectivity index is 1.93. The van der Waals surface area contributed by atoms with Gasteiger partial charge in [0.15, 0.2) is 18.2 Å². The average Bonchev–Trinajstić information content (AvgIpc) is 2.56. The Morgan fingerprint density at radius 3 is 2.52 bits per heavy atom. The Labute approximate surface area is 152 Å². The van der Waals surface area contributed by atoms with Crippen molar-refractivity contribution in [3.63, 3.8) is 0 Å². The predicted octanol–water partition coefficient (Wildman–Crippen LogP) is 4.31. The zero-order valence-electron chi connectivity index (χ0n) is 13.0. The lowest BCUT2D eigenvalue weighted by atomic mass is 10.1.